The van der Waals surface area contributed by atoms with Crippen LogP contribution in [0.3, 0.4) is 0 Å². The predicted octanol–water partition coefficient (Wildman–Crippen LogP) is 2.88. The van der Waals surface area contributed by atoms with Crippen molar-refractivity contribution >= 4 is 17.5 Å². The van der Waals surface area contributed by atoms with Crippen LogP contribution in [-0.4, -0.2) is 23.2 Å². The van der Waals surface area contributed by atoms with Crippen LogP contribution in [0.1, 0.15) is 30.5 Å². The molecule has 21 heavy (non-hydrogen) atoms. The molecule has 0 saturated carbocycles. The van der Waals surface area contributed by atoms with Gasteiger partial charge in [-0.05, 0) is 31.0 Å². The molecule has 6 heteroatoms. The molecule has 112 valence electrons. The van der Waals surface area contributed by atoms with E-state index in [-0.39, 0.29) is 11.9 Å². The molecule has 0 aliphatic rings. The smallest absolute Gasteiger partial charge is 0.220 e. The second-order valence-electron chi connectivity index (χ2n) is 4.79. The molecule has 0 radical (unpaired) electrons. The summed E-state index contributed by atoms with van der Waals surface area (Å²) in [6.45, 7) is 1.92. The van der Waals surface area contributed by atoms with Crippen molar-refractivity contribution in [2.24, 2.45) is 0 Å². The van der Waals surface area contributed by atoms with E-state index >= 15 is 0 Å². The van der Waals surface area contributed by atoms with Crippen LogP contribution in [0.5, 0.6) is 5.75 Å². The van der Waals surface area contributed by atoms with E-state index in [1.807, 2.05) is 25.1 Å². The number of nitrogens with zero attached hydrogens (tertiary/aromatic N) is 1. The summed E-state index contributed by atoms with van der Waals surface area (Å²) >= 11 is 6.06. The van der Waals surface area contributed by atoms with E-state index < -0.39 is 0 Å². The fraction of sp³-hybridized carbons (Fsp3) is 0.333. The summed E-state index contributed by atoms with van der Waals surface area (Å²) < 4.78 is 5.10. The highest BCUT2D eigenvalue weighted by molar-refractivity contribution is 6.32. The Hall–Kier alpha value is -2.01. The monoisotopic (exact) mass is 307 g/mol. The lowest BCUT2D eigenvalue weighted by molar-refractivity contribution is -0.121. The van der Waals surface area contributed by atoms with E-state index in [2.05, 4.69) is 15.5 Å². The number of rotatable bonds is 6. The van der Waals surface area contributed by atoms with Crippen LogP contribution in [0.25, 0.3) is 0 Å². The van der Waals surface area contributed by atoms with Gasteiger partial charge in [0.15, 0.2) is 0 Å². The van der Waals surface area contributed by atoms with Gasteiger partial charge in [-0.3, -0.25) is 9.89 Å². The van der Waals surface area contributed by atoms with E-state index in [1.165, 1.54) is 0 Å². The lowest BCUT2D eigenvalue weighted by Gasteiger charge is -2.12. The Morgan fingerprint density at radius 1 is 1.52 bits per heavy atom. The topological polar surface area (TPSA) is 67.0 Å². The lowest BCUT2D eigenvalue weighted by atomic mass is 10.1. The molecule has 1 aromatic carbocycles. The molecule has 1 unspecified atom stereocenters. The number of hydrogen-bond donors (Lipinski definition) is 2. The average molecular weight is 308 g/mol. The van der Waals surface area contributed by atoms with Crippen molar-refractivity contribution in [2.75, 3.05) is 7.11 Å². The van der Waals surface area contributed by atoms with Crippen molar-refractivity contribution in [1.29, 1.82) is 0 Å². The molecule has 1 amide bonds. The molecule has 0 spiro atoms. The van der Waals surface area contributed by atoms with Crippen LogP contribution in [0.4, 0.5) is 0 Å². The van der Waals surface area contributed by atoms with Crippen molar-refractivity contribution in [2.45, 2.75) is 25.8 Å². The van der Waals surface area contributed by atoms with Crippen molar-refractivity contribution in [3.63, 3.8) is 0 Å². The van der Waals surface area contributed by atoms with E-state index in [4.69, 9.17) is 16.3 Å². The zero-order valence-electron chi connectivity index (χ0n) is 12.0. The van der Waals surface area contributed by atoms with Gasteiger partial charge in [0.05, 0.1) is 24.4 Å². The molecule has 2 aromatic rings. The molecule has 1 aromatic heterocycles. The fourth-order valence-electron chi connectivity index (χ4n) is 2.02. The number of carbonyl (C=O) groups is 1. The summed E-state index contributed by atoms with van der Waals surface area (Å²) in [4.78, 5) is 11.9. The van der Waals surface area contributed by atoms with Crippen molar-refractivity contribution in [3.8, 4) is 5.75 Å². The number of methoxy groups -OCH3 is 1. The number of aryl methyl sites for hydroxylation is 1. The number of aromatic amines is 1. The van der Waals surface area contributed by atoms with Crippen LogP contribution in [0.2, 0.25) is 5.02 Å². The third kappa shape index (κ3) is 4.23. The summed E-state index contributed by atoms with van der Waals surface area (Å²) in [5.74, 6) is 0.633. The minimum absolute atomic E-state index is 0.00404. The van der Waals surface area contributed by atoms with Gasteiger partial charge < -0.3 is 10.1 Å². The highest BCUT2D eigenvalue weighted by Crippen LogP contribution is 2.25. The van der Waals surface area contributed by atoms with Crippen LogP contribution < -0.4 is 10.1 Å². The number of ether oxygens (including phenoxy) is 1. The van der Waals surface area contributed by atoms with Crippen LogP contribution >= 0.6 is 11.6 Å². The van der Waals surface area contributed by atoms with Crippen molar-refractivity contribution in [1.82, 2.24) is 15.5 Å². The number of aromatic nitrogens is 2. The number of halogens is 1. The molecular formula is C15H18ClN3O2. The van der Waals surface area contributed by atoms with Gasteiger partial charge in [-0.1, -0.05) is 17.7 Å². The summed E-state index contributed by atoms with van der Waals surface area (Å²) in [6, 6.07) is 5.49. The Bertz CT molecular complexity index is 599. The van der Waals surface area contributed by atoms with E-state index in [0.29, 0.717) is 23.6 Å². The SMILES string of the molecule is COc1ccc(CCC(=O)NC(C)c2cn[nH]c2)cc1Cl. The molecule has 1 atom stereocenters. The normalized spacial score (nSPS) is 12.0. The number of nitrogens with one attached hydrogen (secondary N) is 2. The molecule has 0 bridgehead atoms. The summed E-state index contributed by atoms with van der Waals surface area (Å²) in [5.41, 5.74) is 1.96. The second kappa shape index (κ2) is 7.13. The first-order valence-corrected chi connectivity index (χ1v) is 7.08. The molecule has 2 rings (SSSR count). The van der Waals surface area contributed by atoms with Crippen LogP contribution in [0, 0.1) is 0 Å². The molecule has 2 N–H and O–H groups in total. The van der Waals surface area contributed by atoms with Gasteiger partial charge in [0.2, 0.25) is 5.91 Å². The third-order valence-corrected chi connectivity index (χ3v) is 3.55. The Kier molecular flexibility index (Phi) is 5.22. The van der Waals surface area contributed by atoms with Gasteiger partial charge in [-0.25, -0.2) is 0 Å². The Labute approximate surface area is 128 Å². The largest absolute Gasteiger partial charge is 0.495 e. The lowest BCUT2D eigenvalue weighted by Crippen LogP contribution is -2.26. The zero-order valence-corrected chi connectivity index (χ0v) is 12.8. The fourth-order valence-corrected chi connectivity index (χ4v) is 2.30. The first-order chi connectivity index (χ1) is 10.1. The molecule has 0 saturated heterocycles. The zero-order chi connectivity index (χ0) is 15.2. The average Bonchev–Trinajstić information content (AvgIpc) is 2.99. The van der Waals surface area contributed by atoms with Gasteiger partial charge in [0.1, 0.15) is 5.75 Å². The van der Waals surface area contributed by atoms with Gasteiger partial charge in [-0.2, -0.15) is 5.10 Å². The van der Waals surface area contributed by atoms with E-state index in [0.717, 1.165) is 11.1 Å². The Balaban J connectivity index is 1.85. The first kappa shape index (κ1) is 15.4. The predicted molar refractivity (Wildman–Crippen MR) is 81.5 cm³/mol. The maximum atomic E-state index is 11.9. The van der Waals surface area contributed by atoms with E-state index in [1.54, 1.807) is 19.5 Å². The summed E-state index contributed by atoms with van der Waals surface area (Å²) in [6.07, 6.45) is 4.51. The Morgan fingerprint density at radius 2 is 2.33 bits per heavy atom. The summed E-state index contributed by atoms with van der Waals surface area (Å²) in [5, 5.41) is 10.1. The minimum Gasteiger partial charge on any atom is -0.495 e. The van der Waals surface area contributed by atoms with E-state index in [9.17, 15) is 4.79 Å². The Morgan fingerprint density at radius 3 is 2.95 bits per heavy atom. The second-order valence-corrected chi connectivity index (χ2v) is 5.20. The molecule has 0 aliphatic carbocycles. The van der Waals surface area contributed by atoms with Crippen molar-refractivity contribution < 1.29 is 9.53 Å². The van der Waals surface area contributed by atoms with Crippen molar-refractivity contribution in [3.05, 3.63) is 46.7 Å². The number of carbonyl (C=O) groups excluding carboxylic acids is 1. The molecular weight excluding hydrogens is 290 g/mol. The number of H-pyrrole nitrogens is 1. The first-order valence-electron chi connectivity index (χ1n) is 6.70. The van der Waals surface area contributed by atoms with Gasteiger partial charge in [0.25, 0.3) is 0 Å². The van der Waals surface area contributed by atoms with Crippen LogP contribution in [0.15, 0.2) is 30.6 Å². The molecule has 1 heterocycles. The molecule has 5 nitrogen and oxygen atoms in total. The highest BCUT2D eigenvalue weighted by atomic mass is 35.5. The number of hydrogen-bond acceptors (Lipinski definition) is 3. The van der Waals surface area contributed by atoms with Gasteiger partial charge in [0, 0.05) is 18.2 Å². The number of benzene rings is 1. The minimum atomic E-state index is -0.0595. The third-order valence-electron chi connectivity index (χ3n) is 3.25. The standard InChI is InChI=1S/C15H18ClN3O2/c1-10(12-8-17-18-9-12)19-15(20)6-4-11-3-5-14(21-2)13(16)7-11/h3,5,7-10H,4,6H2,1-2H3,(H,17,18)(H,19,20). The molecule has 0 fully saturated rings. The maximum absolute atomic E-state index is 11.9. The maximum Gasteiger partial charge on any atom is 0.220 e. The summed E-state index contributed by atoms with van der Waals surface area (Å²) in [7, 11) is 1.57. The van der Waals surface area contributed by atoms with Gasteiger partial charge >= 0.3 is 0 Å². The molecule has 0 aliphatic heterocycles. The highest BCUT2D eigenvalue weighted by Gasteiger charge is 2.11. The number of amides is 1. The quantitative estimate of drug-likeness (QED) is 0.862. The van der Waals surface area contributed by atoms with Gasteiger partial charge in [-0.15, -0.1) is 0 Å². The van der Waals surface area contributed by atoms with Crippen LogP contribution in [-0.2, 0) is 11.2 Å².